The highest BCUT2D eigenvalue weighted by atomic mass is 32.2. The summed E-state index contributed by atoms with van der Waals surface area (Å²) in [6, 6.07) is 7.72. The molecule has 7 nitrogen and oxygen atoms in total. The number of likely N-dealkylation sites (tertiary alicyclic amines) is 1. The van der Waals surface area contributed by atoms with Crippen molar-refractivity contribution < 1.29 is 13.2 Å². The normalized spacial score (nSPS) is 15.1. The maximum Gasteiger partial charge on any atom is 0.257 e. The number of nitrogens with zero attached hydrogens (tertiary/aromatic N) is 3. The van der Waals surface area contributed by atoms with Gasteiger partial charge >= 0.3 is 0 Å². The van der Waals surface area contributed by atoms with Crippen LogP contribution in [0.2, 0.25) is 0 Å². The van der Waals surface area contributed by atoms with Crippen molar-refractivity contribution in [3.63, 3.8) is 0 Å². The van der Waals surface area contributed by atoms with Crippen molar-refractivity contribution in [1.29, 1.82) is 0 Å². The van der Waals surface area contributed by atoms with E-state index < -0.39 is 10.0 Å². The van der Waals surface area contributed by atoms with Crippen LogP contribution in [0.1, 0.15) is 53.0 Å². The topological polar surface area (TPSA) is 74.7 Å². The summed E-state index contributed by atoms with van der Waals surface area (Å²) in [4.78, 5) is 17.3. The van der Waals surface area contributed by atoms with Crippen molar-refractivity contribution in [2.75, 3.05) is 32.1 Å². The smallest absolute Gasteiger partial charge is 0.257 e. The van der Waals surface area contributed by atoms with E-state index >= 15 is 0 Å². The molecular weight excluding hydrogens is 412 g/mol. The number of carbonyl (C=O) groups is 1. The van der Waals surface area contributed by atoms with Gasteiger partial charge in [-0.1, -0.05) is 25.0 Å². The molecule has 1 saturated heterocycles. The van der Waals surface area contributed by atoms with Gasteiger partial charge in [0.2, 0.25) is 10.0 Å². The molecular formula is C23H34N4O3S. The first-order valence-corrected chi connectivity index (χ1v) is 12.3. The number of hydrogen-bond acceptors (Lipinski definition) is 4. The second kappa shape index (κ2) is 9.44. The van der Waals surface area contributed by atoms with E-state index in [-0.39, 0.29) is 17.3 Å². The van der Waals surface area contributed by atoms with E-state index in [1.165, 1.54) is 0 Å². The van der Waals surface area contributed by atoms with Crippen LogP contribution in [0, 0.1) is 13.8 Å². The fraction of sp³-hybridized carbons (Fsp3) is 0.522. The Bertz CT molecular complexity index is 1030. The average Bonchev–Trinajstić information content (AvgIpc) is 2.93. The molecule has 170 valence electrons. The number of sulfonamides is 1. The zero-order valence-corrected chi connectivity index (χ0v) is 20.1. The fourth-order valence-electron chi connectivity index (χ4n) is 4.09. The van der Waals surface area contributed by atoms with Gasteiger partial charge in [-0.2, -0.15) is 0 Å². The first-order valence-electron chi connectivity index (χ1n) is 10.8. The molecule has 0 radical (unpaired) electrons. The highest BCUT2D eigenvalue weighted by molar-refractivity contribution is 7.89. The lowest BCUT2D eigenvalue weighted by Gasteiger charge is -2.21. The second-order valence-corrected chi connectivity index (χ2v) is 10.2. The summed E-state index contributed by atoms with van der Waals surface area (Å²) in [7, 11) is 1.86. The van der Waals surface area contributed by atoms with E-state index in [0.717, 1.165) is 36.9 Å². The van der Waals surface area contributed by atoms with Gasteiger partial charge in [-0.3, -0.25) is 4.79 Å². The number of aromatic nitrogens is 1. The van der Waals surface area contributed by atoms with Crippen molar-refractivity contribution in [2.24, 2.45) is 7.05 Å². The summed E-state index contributed by atoms with van der Waals surface area (Å²) >= 11 is 0. The molecule has 2 aromatic rings. The van der Waals surface area contributed by atoms with Gasteiger partial charge in [0, 0.05) is 57.9 Å². The molecule has 0 bridgehead atoms. The molecule has 3 rings (SSSR count). The van der Waals surface area contributed by atoms with Gasteiger partial charge in [0.1, 0.15) is 4.90 Å². The fourth-order valence-corrected chi connectivity index (χ4v) is 5.62. The van der Waals surface area contributed by atoms with Crippen LogP contribution < -0.4 is 9.62 Å². The van der Waals surface area contributed by atoms with Crippen LogP contribution in [0.25, 0.3) is 0 Å². The molecule has 2 heterocycles. The monoisotopic (exact) mass is 446 g/mol. The number of benzene rings is 1. The van der Waals surface area contributed by atoms with Crippen molar-refractivity contribution in [3.8, 4) is 0 Å². The molecule has 0 spiro atoms. The van der Waals surface area contributed by atoms with Gasteiger partial charge in [0.05, 0.1) is 5.56 Å². The first kappa shape index (κ1) is 23.3. The Morgan fingerprint density at radius 1 is 1.00 bits per heavy atom. The quantitative estimate of drug-likeness (QED) is 0.739. The Kier molecular flexibility index (Phi) is 7.11. The third-order valence-corrected chi connectivity index (χ3v) is 7.78. The van der Waals surface area contributed by atoms with Gasteiger partial charge in [-0.05, 0) is 44.4 Å². The minimum Gasteiger partial charge on any atom is -0.378 e. The minimum absolute atomic E-state index is 0.103. The van der Waals surface area contributed by atoms with E-state index in [4.69, 9.17) is 0 Å². The Balaban J connectivity index is 1.89. The maximum atomic E-state index is 13.4. The standard InChI is InChI=1S/C23H34N4O3S/c1-17-21(23(28)27-14-8-6-7-9-15-27)22(18(2)26(17)5)31(29,30)24-16-19-10-12-20(13-11-19)25(3)4/h10-13,24H,6-9,14-16H2,1-5H3. The maximum absolute atomic E-state index is 13.4. The van der Waals surface area contributed by atoms with Gasteiger partial charge in [0.15, 0.2) is 0 Å². The lowest BCUT2D eigenvalue weighted by Crippen LogP contribution is -2.34. The Labute approximate surface area is 186 Å². The molecule has 0 unspecified atom stereocenters. The van der Waals surface area contributed by atoms with Gasteiger partial charge in [-0.15, -0.1) is 0 Å². The molecule has 1 fully saturated rings. The van der Waals surface area contributed by atoms with Crippen LogP contribution in [-0.2, 0) is 23.6 Å². The summed E-state index contributed by atoms with van der Waals surface area (Å²) in [6.45, 7) is 5.10. The van der Waals surface area contributed by atoms with Crippen LogP contribution in [0.15, 0.2) is 29.2 Å². The largest absolute Gasteiger partial charge is 0.378 e. The van der Waals surface area contributed by atoms with Crippen LogP contribution in [0.5, 0.6) is 0 Å². The predicted molar refractivity (Wildman–Crippen MR) is 124 cm³/mol. The summed E-state index contributed by atoms with van der Waals surface area (Å²) in [6.07, 6.45) is 4.13. The third kappa shape index (κ3) is 4.96. The SMILES string of the molecule is Cc1c(C(=O)N2CCCCCC2)c(S(=O)(=O)NCc2ccc(N(C)C)cc2)c(C)n1C. The summed E-state index contributed by atoms with van der Waals surface area (Å²) in [5, 5.41) is 0. The Hall–Kier alpha value is -2.32. The highest BCUT2D eigenvalue weighted by Gasteiger charge is 2.32. The molecule has 0 atom stereocenters. The molecule has 0 aliphatic carbocycles. The van der Waals surface area contributed by atoms with Crippen LogP contribution in [0.3, 0.4) is 0 Å². The van der Waals surface area contributed by atoms with Crippen LogP contribution >= 0.6 is 0 Å². The predicted octanol–water partition coefficient (Wildman–Crippen LogP) is 3.20. The van der Waals surface area contributed by atoms with E-state index in [9.17, 15) is 13.2 Å². The number of nitrogens with one attached hydrogen (secondary N) is 1. The van der Waals surface area contributed by atoms with E-state index in [1.807, 2.05) is 62.1 Å². The van der Waals surface area contributed by atoms with Gasteiger partial charge in [-0.25, -0.2) is 13.1 Å². The van der Waals surface area contributed by atoms with E-state index in [0.29, 0.717) is 30.0 Å². The zero-order chi connectivity index (χ0) is 22.8. The lowest BCUT2D eigenvalue weighted by molar-refractivity contribution is 0.0757. The van der Waals surface area contributed by atoms with Crippen molar-refractivity contribution in [3.05, 3.63) is 46.8 Å². The van der Waals surface area contributed by atoms with Crippen LogP contribution in [0.4, 0.5) is 5.69 Å². The second-order valence-electron chi connectivity index (χ2n) is 8.53. The molecule has 1 aliphatic rings. The number of anilines is 1. The molecule has 8 heteroatoms. The average molecular weight is 447 g/mol. The summed E-state index contributed by atoms with van der Waals surface area (Å²) in [5.41, 5.74) is 3.47. The van der Waals surface area contributed by atoms with Crippen molar-refractivity contribution >= 4 is 21.6 Å². The third-order valence-electron chi connectivity index (χ3n) is 6.22. The molecule has 1 aromatic heterocycles. The lowest BCUT2D eigenvalue weighted by atomic mass is 10.2. The molecule has 1 amide bonds. The number of hydrogen-bond donors (Lipinski definition) is 1. The Morgan fingerprint density at radius 3 is 2.13 bits per heavy atom. The molecule has 1 N–H and O–H groups in total. The molecule has 1 aromatic carbocycles. The van der Waals surface area contributed by atoms with Crippen molar-refractivity contribution in [1.82, 2.24) is 14.2 Å². The Morgan fingerprint density at radius 2 is 1.58 bits per heavy atom. The highest BCUT2D eigenvalue weighted by Crippen LogP contribution is 2.28. The molecule has 31 heavy (non-hydrogen) atoms. The van der Waals surface area contributed by atoms with E-state index in [2.05, 4.69) is 4.72 Å². The van der Waals surface area contributed by atoms with Gasteiger partial charge < -0.3 is 14.4 Å². The van der Waals surface area contributed by atoms with Gasteiger partial charge in [0.25, 0.3) is 5.91 Å². The van der Waals surface area contributed by atoms with Crippen molar-refractivity contribution in [2.45, 2.75) is 51.0 Å². The molecule has 1 aliphatic heterocycles. The zero-order valence-electron chi connectivity index (χ0n) is 19.2. The number of rotatable bonds is 6. The molecule has 0 saturated carbocycles. The van der Waals surface area contributed by atoms with Crippen LogP contribution in [-0.4, -0.2) is 51.0 Å². The number of amides is 1. The summed E-state index contributed by atoms with van der Waals surface area (Å²) in [5.74, 6) is -0.182. The summed E-state index contributed by atoms with van der Waals surface area (Å²) < 4.78 is 31.2. The minimum atomic E-state index is -3.87. The first-order chi connectivity index (χ1) is 14.6. The van der Waals surface area contributed by atoms with E-state index in [1.54, 1.807) is 11.5 Å². The number of carbonyl (C=O) groups excluding carboxylic acids is 1.